The fourth-order valence-electron chi connectivity index (χ4n) is 2.76. The Bertz CT molecular complexity index is 678. The number of hydrogen-bond donors (Lipinski definition) is 1. The maximum Gasteiger partial charge on any atom is 0.224 e. The van der Waals surface area contributed by atoms with Crippen LogP contribution in [-0.2, 0) is 16.6 Å². The van der Waals surface area contributed by atoms with Crippen LogP contribution in [-0.4, -0.2) is 5.91 Å². The molecular weight excluding hydrogens is 294 g/mol. The van der Waals surface area contributed by atoms with Crippen LogP contribution in [0.3, 0.4) is 0 Å². The number of benzene rings is 2. The van der Waals surface area contributed by atoms with Crippen molar-refractivity contribution in [1.29, 1.82) is 0 Å². The van der Waals surface area contributed by atoms with Gasteiger partial charge in [0, 0.05) is 12.1 Å². The second-order valence-electron chi connectivity index (χ2n) is 7.74. The third-order valence-corrected chi connectivity index (χ3v) is 4.32. The minimum absolute atomic E-state index is 0.0722. The quantitative estimate of drug-likeness (QED) is 0.753. The van der Waals surface area contributed by atoms with Gasteiger partial charge in [-0.2, -0.15) is 0 Å². The number of nitrogens with one attached hydrogen (secondary N) is 1. The summed E-state index contributed by atoms with van der Waals surface area (Å²) in [6, 6.07) is 16.6. The van der Waals surface area contributed by atoms with E-state index in [-0.39, 0.29) is 11.3 Å². The van der Waals surface area contributed by atoms with E-state index in [1.54, 1.807) is 0 Å². The van der Waals surface area contributed by atoms with E-state index in [0.29, 0.717) is 12.3 Å². The molecule has 1 amide bonds. The Morgan fingerprint density at radius 1 is 1.00 bits per heavy atom. The molecule has 0 aromatic heterocycles. The third-order valence-electron chi connectivity index (χ3n) is 4.32. The number of carbonyl (C=O) groups excluding carboxylic acids is 1. The second kappa shape index (κ2) is 7.65. The molecule has 0 heterocycles. The standard InChI is InChI=1S/C22H29NO/c1-16(2)19-8-6-7-9-20(19)23-21(24)15-12-17-10-13-18(14-11-17)22(3,4)5/h6-11,13-14,16H,12,15H2,1-5H3,(H,23,24). The van der Waals surface area contributed by atoms with Crippen molar-refractivity contribution in [3.8, 4) is 0 Å². The van der Waals surface area contributed by atoms with Gasteiger partial charge in [-0.15, -0.1) is 0 Å². The average molecular weight is 323 g/mol. The van der Waals surface area contributed by atoms with Gasteiger partial charge in [0.25, 0.3) is 0 Å². The van der Waals surface area contributed by atoms with E-state index in [2.05, 4.69) is 70.3 Å². The van der Waals surface area contributed by atoms with Gasteiger partial charge in [0.15, 0.2) is 0 Å². The molecule has 2 nitrogen and oxygen atoms in total. The lowest BCUT2D eigenvalue weighted by atomic mass is 9.86. The zero-order chi connectivity index (χ0) is 17.7. The van der Waals surface area contributed by atoms with Crippen molar-refractivity contribution >= 4 is 11.6 Å². The Balaban J connectivity index is 1.94. The van der Waals surface area contributed by atoms with Crippen LogP contribution in [0.5, 0.6) is 0 Å². The topological polar surface area (TPSA) is 29.1 Å². The lowest BCUT2D eigenvalue weighted by Gasteiger charge is -2.19. The van der Waals surface area contributed by atoms with Gasteiger partial charge >= 0.3 is 0 Å². The molecule has 0 fully saturated rings. The van der Waals surface area contributed by atoms with Gasteiger partial charge in [0.2, 0.25) is 5.91 Å². The molecule has 128 valence electrons. The van der Waals surface area contributed by atoms with Crippen LogP contribution in [0.1, 0.15) is 63.6 Å². The predicted octanol–water partition coefficient (Wildman–Crippen LogP) is 5.68. The first kappa shape index (κ1) is 18.3. The van der Waals surface area contributed by atoms with E-state index in [4.69, 9.17) is 0 Å². The lowest BCUT2D eigenvalue weighted by Crippen LogP contribution is -2.14. The lowest BCUT2D eigenvalue weighted by molar-refractivity contribution is -0.116. The monoisotopic (exact) mass is 323 g/mol. The van der Waals surface area contributed by atoms with Gasteiger partial charge < -0.3 is 5.32 Å². The number of anilines is 1. The third kappa shape index (κ3) is 4.95. The maximum absolute atomic E-state index is 12.3. The molecule has 0 saturated heterocycles. The van der Waals surface area contributed by atoms with E-state index in [0.717, 1.165) is 12.1 Å². The van der Waals surface area contributed by atoms with Crippen molar-refractivity contribution in [2.24, 2.45) is 0 Å². The highest BCUT2D eigenvalue weighted by Gasteiger charge is 2.13. The van der Waals surface area contributed by atoms with Gasteiger partial charge in [-0.3, -0.25) is 4.79 Å². The van der Waals surface area contributed by atoms with E-state index < -0.39 is 0 Å². The predicted molar refractivity (Wildman–Crippen MR) is 103 cm³/mol. The Hall–Kier alpha value is -2.09. The minimum Gasteiger partial charge on any atom is -0.326 e. The average Bonchev–Trinajstić information content (AvgIpc) is 2.53. The van der Waals surface area contributed by atoms with Gasteiger partial charge in [-0.05, 0) is 40.5 Å². The highest BCUT2D eigenvalue weighted by molar-refractivity contribution is 5.91. The SMILES string of the molecule is CC(C)c1ccccc1NC(=O)CCc1ccc(C(C)(C)C)cc1. The first-order chi connectivity index (χ1) is 11.3. The summed E-state index contributed by atoms with van der Waals surface area (Å²) in [7, 11) is 0. The molecule has 2 rings (SSSR count). The molecule has 0 radical (unpaired) electrons. The Kier molecular flexibility index (Phi) is 5.82. The van der Waals surface area contributed by atoms with Gasteiger partial charge in [0.05, 0.1) is 0 Å². The van der Waals surface area contributed by atoms with Crippen LogP contribution in [0.15, 0.2) is 48.5 Å². The van der Waals surface area contributed by atoms with Crippen molar-refractivity contribution in [2.45, 2.75) is 58.8 Å². The molecule has 0 spiro atoms. The number of amides is 1. The Morgan fingerprint density at radius 3 is 2.21 bits per heavy atom. The summed E-state index contributed by atoms with van der Waals surface area (Å²) in [4.78, 5) is 12.3. The summed E-state index contributed by atoms with van der Waals surface area (Å²) in [5, 5.41) is 3.06. The zero-order valence-corrected chi connectivity index (χ0v) is 15.5. The van der Waals surface area contributed by atoms with E-state index in [9.17, 15) is 4.79 Å². The van der Waals surface area contributed by atoms with Crippen LogP contribution >= 0.6 is 0 Å². The molecule has 0 unspecified atom stereocenters. The van der Waals surface area contributed by atoms with Crippen LogP contribution in [0.4, 0.5) is 5.69 Å². The van der Waals surface area contributed by atoms with Crippen molar-refractivity contribution in [1.82, 2.24) is 0 Å². The van der Waals surface area contributed by atoms with Crippen molar-refractivity contribution in [3.05, 3.63) is 65.2 Å². The Labute approximate surface area is 146 Å². The van der Waals surface area contributed by atoms with Gasteiger partial charge in [-0.25, -0.2) is 0 Å². The maximum atomic E-state index is 12.3. The fraction of sp³-hybridized carbons (Fsp3) is 0.409. The van der Waals surface area contributed by atoms with Crippen molar-refractivity contribution in [2.75, 3.05) is 5.32 Å². The van der Waals surface area contributed by atoms with E-state index >= 15 is 0 Å². The van der Waals surface area contributed by atoms with Crippen LogP contribution in [0, 0.1) is 0 Å². The fourth-order valence-corrected chi connectivity index (χ4v) is 2.76. The minimum atomic E-state index is 0.0722. The highest BCUT2D eigenvalue weighted by atomic mass is 16.1. The number of rotatable bonds is 5. The number of aryl methyl sites for hydroxylation is 1. The number of carbonyl (C=O) groups is 1. The molecule has 2 aromatic rings. The molecule has 0 aliphatic rings. The summed E-state index contributed by atoms with van der Waals surface area (Å²) in [5.74, 6) is 0.467. The number of hydrogen-bond acceptors (Lipinski definition) is 1. The molecule has 0 atom stereocenters. The molecule has 24 heavy (non-hydrogen) atoms. The summed E-state index contributed by atoms with van der Waals surface area (Å²) < 4.78 is 0. The van der Waals surface area contributed by atoms with Crippen molar-refractivity contribution in [3.63, 3.8) is 0 Å². The first-order valence-corrected chi connectivity index (χ1v) is 8.75. The summed E-state index contributed by atoms with van der Waals surface area (Å²) >= 11 is 0. The summed E-state index contributed by atoms with van der Waals surface area (Å²) in [6.45, 7) is 10.9. The first-order valence-electron chi connectivity index (χ1n) is 8.75. The molecule has 1 N–H and O–H groups in total. The van der Waals surface area contributed by atoms with Crippen molar-refractivity contribution < 1.29 is 4.79 Å². The Morgan fingerprint density at radius 2 is 1.62 bits per heavy atom. The van der Waals surface area contributed by atoms with E-state index in [1.807, 2.05) is 18.2 Å². The normalized spacial score (nSPS) is 11.6. The smallest absolute Gasteiger partial charge is 0.224 e. The molecule has 0 aliphatic heterocycles. The number of para-hydroxylation sites is 1. The zero-order valence-electron chi connectivity index (χ0n) is 15.5. The van der Waals surface area contributed by atoms with Gasteiger partial charge in [-0.1, -0.05) is 77.1 Å². The summed E-state index contributed by atoms with van der Waals surface area (Å²) in [5.41, 5.74) is 4.80. The highest BCUT2D eigenvalue weighted by Crippen LogP contribution is 2.24. The van der Waals surface area contributed by atoms with E-state index in [1.165, 1.54) is 16.7 Å². The van der Waals surface area contributed by atoms with Gasteiger partial charge in [0.1, 0.15) is 0 Å². The molecule has 0 aliphatic carbocycles. The van der Waals surface area contributed by atoms with Crippen LogP contribution in [0.25, 0.3) is 0 Å². The second-order valence-corrected chi connectivity index (χ2v) is 7.74. The molecule has 2 aromatic carbocycles. The molecular formula is C22H29NO. The molecule has 0 saturated carbocycles. The molecule has 0 bridgehead atoms. The summed E-state index contributed by atoms with van der Waals surface area (Å²) in [6.07, 6.45) is 1.27. The largest absolute Gasteiger partial charge is 0.326 e. The van der Waals surface area contributed by atoms with Crippen LogP contribution < -0.4 is 5.32 Å². The molecule has 2 heteroatoms. The van der Waals surface area contributed by atoms with Crippen LogP contribution in [0.2, 0.25) is 0 Å².